The fourth-order valence-electron chi connectivity index (χ4n) is 3.79. The number of ketones is 1. The molecule has 0 aliphatic heterocycles. The maximum Gasteiger partial charge on any atom is 0.163 e. The third-order valence-electron chi connectivity index (χ3n) is 6.11. The highest BCUT2D eigenvalue weighted by Gasteiger charge is 2.36. The lowest BCUT2D eigenvalue weighted by Crippen LogP contribution is -2.51. The minimum absolute atomic E-state index is 0.0130. The summed E-state index contributed by atoms with van der Waals surface area (Å²) in [5, 5.41) is 49.4. The van der Waals surface area contributed by atoms with Gasteiger partial charge < -0.3 is 25.5 Å². The summed E-state index contributed by atoms with van der Waals surface area (Å²) in [4.78, 5) is 11.4. The van der Waals surface area contributed by atoms with Crippen LogP contribution < -0.4 is 0 Å². The second-order valence-corrected chi connectivity index (χ2v) is 9.03. The largest absolute Gasteiger partial charge is 0.390 e. The predicted octanol–water partition coefficient (Wildman–Crippen LogP) is 4.20. The Balaban J connectivity index is 3.69. The molecule has 6 nitrogen and oxygen atoms in total. The van der Waals surface area contributed by atoms with E-state index in [-0.39, 0.29) is 6.42 Å². The number of aliphatic hydroxyl groups excluding tert-OH is 5. The van der Waals surface area contributed by atoms with Crippen LogP contribution in [0.1, 0.15) is 117 Å². The zero-order valence-corrected chi connectivity index (χ0v) is 20.5. The van der Waals surface area contributed by atoms with Gasteiger partial charge in [0.2, 0.25) is 0 Å². The highest BCUT2D eigenvalue weighted by Crippen LogP contribution is 2.16. The van der Waals surface area contributed by atoms with Crippen molar-refractivity contribution in [3.63, 3.8) is 0 Å². The summed E-state index contributed by atoms with van der Waals surface area (Å²) in [5.74, 6) is -0.619. The van der Waals surface area contributed by atoms with Crippen molar-refractivity contribution < 1.29 is 30.3 Å². The normalized spacial score (nSPS) is 16.7. The molecule has 0 aromatic carbocycles. The molecule has 0 saturated carbocycles. The van der Waals surface area contributed by atoms with E-state index in [1.807, 2.05) is 0 Å². The predicted molar refractivity (Wildman–Crippen MR) is 129 cm³/mol. The summed E-state index contributed by atoms with van der Waals surface area (Å²) >= 11 is 0. The fraction of sp³-hybridized carbons (Fsp3) is 0.885. The molecule has 5 atom stereocenters. The number of allylic oxidation sites excluding steroid dienone is 2. The van der Waals surface area contributed by atoms with Gasteiger partial charge in [0.15, 0.2) is 5.78 Å². The second-order valence-electron chi connectivity index (χ2n) is 9.03. The molecule has 190 valence electrons. The van der Waals surface area contributed by atoms with Crippen molar-refractivity contribution in [3.8, 4) is 0 Å². The molecule has 0 amide bonds. The van der Waals surface area contributed by atoms with E-state index in [0.29, 0.717) is 12.8 Å². The van der Waals surface area contributed by atoms with Crippen molar-refractivity contribution in [3.05, 3.63) is 12.2 Å². The summed E-state index contributed by atoms with van der Waals surface area (Å²) in [5.41, 5.74) is 0. The van der Waals surface area contributed by atoms with Gasteiger partial charge >= 0.3 is 0 Å². The molecule has 1 unspecified atom stereocenters. The van der Waals surface area contributed by atoms with E-state index in [0.717, 1.165) is 25.7 Å². The molecular weight excluding hydrogens is 408 g/mol. The van der Waals surface area contributed by atoms with Crippen LogP contribution in [0, 0.1) is 0 Å². The van der Waals surface area contributed by atoms with Crippen molar-refractivity contribution >= 4 is 5.78 Å². The summed E-state index contributed by atoms with van der Waals surface area (Å²) in [6, 6.07) is 0. The number of unbranched alkanes of at least 4 members (excludes halogenated alkanes) is 12. The number of aliphatic hydroxyl groups is 5. The van der Waals surface area contributed by atoms with Crippen LogP contribution in [-0.2, 0) is 4.79 Å². The van der Waals surface area contributed by atoms with Gasteiger partial charge in [-0.05, 0) is 32.1 Å². The first-order valence-corrected chi connectivity index (χ1v) is 12.9. The minimum atomic E-state index is -1.81. The van der Waals surface area contributed by atoms with Crippen LogP contribution >= 0.6 is 0 Å². The highest BCUT2D eigenvalue weighted by atomic mass is 16.4. The van der Waals surface area contributed by atoms with Gasteiger partial charge in [-0.3, -0.25) is 4.79 Å². The van der Waals surface area contributed by atoms with Crippen LogP contribution in [0.3, 0.4) is 0 Å². The molecule has 0 aliphatic carbocycles. The van der Waals surface area contributed by atoms with Gasteiger partial charge in [-0.1, -0.05) is 90.2 Å². The van der Waals surface area contributed by atoms with E-state index in [4.69, 9.17) is 0 Å². The third kappa shape index (κ3) is 15.1. The topological polar surface area (TPSA) is 118 Å². The van der Waals surface area contributed by atoms with Gasteiger partial charge in [0, 0.05) is 6.42 Å². The number of carbonyl (C=O) groups is 1. The van der Waals surface area contributed by atoms with Crippen LogP contribution in [0.2, 0.25) is 0 Å². The first-order chi connectivity index (χ1) is 15.4. The molecule has 0 spiro atoms. The molecule has 0 radical (unpaired) electrons. The van der Waals surface area contributed by atoms with E-state index in [9.17, 15) is 30.3 Å². The number of carbonyl (C=O) groups excluding carboxylic acids is 1. The van der Waals surface area contributed by atoms with Gasteiger partial charge in [-0.25, -0.2) is 0 Å². The Bertz CT molecular complexity index is 467. The molecule has 0 aromatic rings. The molecule has 0 heterocycles. The molecule has 0 saturated heterocycles. The van der Waals surface area contributed by atoms with Gasteiger partial charge in [0.25, 0.3) is 0 Å². The lowest BCUT2D eigenvalue weighted by atomic mass is 9.94. The average Bonchev–Trinajstić information content (AvgIpc) is 2.81. The lowest BCUT2D eigenvalue weighted by molar-refractivity contribution is -0.153. The smallest absolute Gasteiger partial charge is 0.163 e. The van der Waals surface area contributed by atoms with E-state index < -0.39 is 36.3 Å². The number of hydrogen-bond acceptors (Lipinski definition) is 6. The second kappa shape index (κ2) is 20.8. The Hall–Kier alpha value is -0.790. The molecule has 6 heteroatoms. The monoisotopic (exact) mass is 458 g/mol. The minimum Gasteiger partial charge on any atom is -0.390 e. The van der Waals surface area contributed by atoms with Gasteiger partial charge in [0.05, 0.1) is 6.10 Å². The van der Waals surface area contributed by atoms with Crippen LogP contribution in [0.15, 0.2) is 12.2 Å². The Morgan fingerprint density at radius 3 is 1.59 bits per heavy atom. The van der Waals surface area contributed by atoms with Crippen LogP contribution in [0.25, 0.3) is 0 Å². The van der Waals surface area contributed by atoms with E-state index in [2.05, 4.69) is 19.1 Å². The summed E-state index contributed by atoms with van der Waals surface area (Å²) in [7, 11) is 0. The maximum atomic E-state index is 11.4. The SMILES string of the molecule is CCCCCCCCC=CCCCCCCCCC(O)[C@@H](O)[C@@H](O)[C@H](O)[C@@H](O)C(=O)CC. The Labute approximate surface area is 195 Å². The fourth-order valence-corrected chi connectivity index (χ4v) is 3.79. The zero-order chi connectivity index (χ0) is 24.2. The van der Waals surface area contributed by atoms with Crippen molar-refractivity contribution in [1.29, 1.82) is 0 Å². The number of Topliss-reactive ketones (excluding diaryl/α,β-unsaturated/α-hetero) is 1. The van der Waals surface area contributed by atoms with Gasteiger partial charge in [-0.2, -0.15) is 0 Å². The summed E-state index contributed by atoms with van der Waals surface area (Å²) in [6.45, 7) is 3.78. The molecule has 0 fully saturated rings. The van der Waals surface area contributed by atoms with Crippen molar-refractivity contribution in [2.75, 3.05) is 0 Å². The number of hydrogen-bond donors (Lipinski definition) is 5. The molecule has 0 bridgehead atoms. The first-order valence-electron chi connectivity index (χ1n) is 12.9. The van der Waals surface area contributed by atoms with Crippen molar-refractivity contribution in [1.82, 2.24) is 0 Å². The molecule has 0 aromatic heterocycles. The van der Waals surface area contributed by atoms with Crippen molar-refractivity contribution in [2.45, 2.75) is 147 Å². The van der Waals surface area contributed by atoms with Gasteiger partial charge in [0.1, 0.15) is 24.4 Å². The quantitative estimate of drug-likeness (QED) is 0.123. The Morgan fingerprint density at radius 2 is 1.09 bits per heavy atom. The lowest BCUT2D eigenvalue weighted by Gasteiger charge is -2.28. The van der Waals surface area contributed by atoms with Gasteiger partial charge in [-0.15, -0.1) is 0 Å². The first kappa shape index (κ1) is 31.2. The van der Waals surface area contributed by atoms with E-state index in [1.54, 1.807) is 0 Å². The van der Waals surface area contributed by atoms with E-state index in [1.165, 1.54) is 64.7 Å². The Kier molecular flexibility index (Phi) is 20.3. The molecule has 5 N–H and O–H groups in total. The summed E-state index contributed by atoms with van der Waals surface area (Å²) < 4.78 is 0. The standard InChI is InChI=1S/C26H50O6/c1-3-5-6-7-8-9-10-11-12-13-14-15-16-17-18-19-20-22(28)24(30)26(32)25(31)23(29)21(27)4-2/h11-12,22-26,28-32H,3-10,13-20H2,1-2H3/t22?,23-,24+,25+,26+/m0/s1. The Morgan fingerprint density at radius 1 is 0.625 bits per heavy atom. The number of rotatable bonds is 22. The maximum absolute atomic E-state index is 11.4. The van der Waals surface area contributed by atoms with Crippen LogP contribution in [0.4, 0.5) is 0 Å². The summed E-state index contributed by atoms with van der Waals surface area (Å²) in [6.07, 6.45) is 13.3. The molecule has 32 heavy (non-hydrogen) atoms. The molecule has 0 aliphatic rings. The molecule has 0 rings (SSSR count). The van der Waals surface area contributed by atoms with Crippen LogP contribution in [0.5, 0.6) is 0 Å². The molecular formula is C26H50O6. The van der Waals surface area contributed by atoms with Crippen molar-refractivity contribution in [2.24, 2.45) is 0 Å². The zero-order valence-electron chi connectivity index (χ0n) is 20.5. The van der Waals surface area contributed by atoms with E-state index >= 15 is 0 Å². The van der Waals surface area contributed by atoms with Crippen LogP contribution in [-0.4, -0.2) is 61.8 Å². The average molecular weight is 459 g/mol. The third-order valence-corrected chi connectivity index (χ3v) is 6.11. The highest BCUT2D eigenvalue weighted by molar-refractivity contribution is 5.83.